The van der Waals surface area contributed by atoms with Crippen LogP contribution in [-0.2, 0) is 0 Å². The summed E-state index contributed by atoms with van der Waals surface area (Å²) in [5, 5.41) is 12.3. The van der Waals surface area contributed by atoms with Crippen molar-refractivity contribution in [3.8, 4) is 0 Å². The fourth-order valence-corrected chi connectivity index (χ4v) is 2.46. The Morgan fingerprint density at radius 3 is 2.60 bits per heavy atom. The van der Waals surface area contributed by atoms with Crippen molar-refractivity contribution in [1.29, 1.82) is 0 Å². The van der Waals surface area contributed by atoms with Crippen LogP contribution in [0.2, 0.25) is 0 Å². The summed E-state index contributed by atoms with van der Waals surface area (Å²) in [6.07, 6.45) is 3.53. The molecular weight excluding hydrogens is 188 g/mol. The lowest BCUT2D eigenvalue weighted by atomic mass is 9.90. The van der Waals surface area contributed by atoms with Crippen LogP contribution in [0.15, 0.2) is 0 Å². The van der Waals surface area contributed by atoms with Gasteiger partial charge in [-0.15, -0.1) is 0 Å². The van der Waals surface area contributed by atoms with Gasteiger partial charge in [0.25, 0.3) is 0 Å². The Morgan fingerprint density at radius 1 is 1.40 bits per heavy atom. The first kappa shape index (κ1) is 12.9. The SMILES string of the molecule is CCNC(C)C1CCN(CCCO)CC1. The Bertz CT molecular complexity index is 156. The van der Waals surface area contributed by atoms with Crippen molar-refractivity contribution in [3.63, 3.8) is 0 Å². The lowest BCUT2D eigenvalue weighted by Gasteiger charge is -2.35. The quantitative estimate of drug-likeness (QED) is 0.694. The second-order valence-corrected chi connectivity index (χ2v) is 4.60. The summed E-state index contributed by atoms with van der Waals surface area (Å²) >= 11 is 0. The predicted molar refractivity (Wildman–Crippen MR) is 64.0 cm³/mol. The summed E-state index contributed by atoms with van der Waals surface area (Å²) in [6, 6.07) is 0.662. The van der Waals surface area contributed by atoms with Crippen molar-refractivity contribution < 1.29 is 5.11 Å². The molecule has 0 aliphatic carbocycles. The lowest BCUT2D eigenvalue weighted by Crippen LogP contribution is -2.42. The number of likely N-dealkylation sites (tertiary alicyclic amines) is 1. The second-order valence-electron chi connectivity index (χ2n) is 4.60. The highest BCUT2D eigenvalue weighted by Gasteiger charge is 2.22. The molecule has 1 unspecified atom stereocenters. The summed E-state index contributed by atoms with van der Waals surface area (Å²) in [5.74, 6) is 0.843. The molecule has 0 spiro atoms. The van der Waals surface area contributed by atoms with Gasteiger partial charge < -0.3 is 15.3 Å². The molecule has 15 heavy (non-hydrogen) atoms. The van der Waals surface area contributed by atoms with Gasteiger partial charge in [0.1, 0.15) is 0 Å². The molecule has 0 bridgehead atoms. The summed E-state index contributed by atoms with van der Waals surface area (Å²) < 4.78 is 0. The van der Waals surface area contributed by atoms with E-state index in [0.29, 0.717) is 12.6 Å². The van der Waals surface area contributed by atoms with Gasteiger partial charge in [0.15, 0.2) is 0 Å². The molecule has 3 heteroatoms. The molecule has 1 atom stereocenters. The van der Waals surface area contributed by atoms with Crippen molar-refractivity contribution in [2.45, 2.75) is 39.2 Å². The van der Waals surface area contributed by atoms with Crippen molar-refractivity contribution >= 4 is 0 Å². The Morgan fingerprint density at radius 2 is 2.07 bits per heavy atom. The number of nitrogens with zero attached hydrogens (tertiary/aromatic N) is 1. The third-order valence-corrected chi connectivity index (χ3v) is 3.50. The maximum absolute atomic E-state index is 8.77. The van der Waals surface area contributed by atoms with E-state index in [9.17, 15) is 0 Å². The normalized spacial score (nSPS) is 21.8. The van der Waals surface area contributed by atoms with Crippen LogP contribution in [0, 0.1) is 5.92 Å². The lowest BCUT2D eigenvalue weighted by molar-refractivity contribution is 0.151. The van der Waals surface area contributed by atoms with Crippen LogP contribution in [0.25, 0.3) is 0 Å². The molecule has 0 aromatic carbocycles. The zero-order valence-electron chi connectivity index (χ0n) is 10.2. The molecule has 0 aromatic rings. The molecule has 0 saturated carbocycles. The van der Waals surface area contributed by atoms with E-state index in [-0.39, 0.29) is 0 Å². The molecule has 1 aliphatic rings. The molecule has 1 rings (SSSR count). The van der Waals surface area contributed by atoms with Gasteiger partial charge in [-0.2, -0.15) is 0 Å². The standard InChI is InChI=1S/C12H26N2O/c1-3-13-11(2)12-5-8-14(9-6-12)7-4-10-15/h11-13,15H,3-10H2,1-2H3. The van der Waals surface area contributed by atoms with Crippen molar-refractivity contribution in [2.24, 2.45) is 5.92 Å². The number of hydrogen-bond acceptors (Lipinski definition) is 3. The second kappa shape index (κ2) is 7.20. The van der Waals surface area contributed by atoms with Gasteiger partial charge in [-0.3, -0.25) is 0 Å². The van der Waals surface area contributed by atoms with Crippen LogP contribution >= 0.6 is 0 Å². The van der Waals surface area contributed by atoms with Crippen LogP contribution in [0.4, 0.5) is 0 Å². The van der Waals surface area contributed by atoms with Gasteiger partial charge in [0, 0.05) is 19.2 Å². The van der Waals surface area contributed by atoms with Crippen LogP contribution in [0.3, 0.4) is 0 Å². The van der Waals surface area contributed by atoms with E-state index in [1.165, 1.54) is 25.9 Å². The van der Waals surface area contributed by atoms with Gasteiger partial charge in [0.05, 0.1) is 0 Å². The van der Waals surface area contributed by atoms with Crippen molar-refractivity contribution in [3.05, 3.63) is 0 Å². The third-order valence-electron chi connectivity index (χ3n) is 3.50. The number of piperidine rings is 1. The van der Waals surface area contributed by atoms with Crippen LogP contribution in [0.5, 0.6) is 0 Å². The van der Waals surface area contributed by atoms with E-state index in [1.807, 2.05) is 0 Å². The number of hydrogen-bond donors (Lipinski definition) is 2. The Hall–Kier alpha value is -0.120. The number of rotatable bonds is 6. The molecule has 0 radical (unpaired) electrons. The zero-order chi connectivity index (χ0) is 11.1. The van der Waals surface area contributed by atoms with E-state index in [0.717, 1.165) is 25.4 Å². The van der Waals surface area contributed by atoms with Gasteiger partial charge in [-0.25, -0.2) is 0 Å². The fraction of sp³-hybridized carbons (Fsp3) is 1.00. The fourth-order valence-electron chi connectivity index (χ4n) is 2.46. The minimum Gasteiger partial charge on any atom is -0.396 e. The number of aliphatic hydroxyl groups is 1. The first-order valence-electron chi connectivity index (χ1n) is 6.34. The monoisotopic (exact) mass is 214 g/mol. The van der Waals surface area contributed by atoms with Crippen LogP contribution in [0.1, 0.15) is 33.1 Å². The number of nitrogens with one attached hydrogen (secondary N) is 1. The third kappa shape index (κ3) is 4.49. The molecule has 1 fully saturated rings. The molecular formula is C12H26N2O. The summed E-state index contributed by atoms with van der Waals surface area (Å²) in [4.78, 5) is 2.48. The zero-order valence-corrected chi connectivity index (χ0v) is 10.2. The Balaban J connectivity index is 2.17. The predicted octanol–water partition coefficient (Wildman–Crippen LogP) is 1.08. The summed E-state index contributed by atoms with van der Waals surface area (Å²) in [6.45, 7) is 9.36. The average molecular weight is 214 g/mol. The average Bonchev–Trinajstić information content (AvgIpc) is 2.27. The smallest absolute Gasteiger partial charge is 0.0443 e. The van der Waals surface area contributed by atoms with Crippen LogP contribution < -0.4 is 5.32 Å². The molecule has 1 saturated heterocycles. The van der Waals surface area contributed by atoms with E-state index in [2.05, 4.69) is 24.1 Å². The molecule has 1 heterocycles. The van der Waals surface area contributed by atoms with E-state index in [1.54, 1.807) is 0 Å². The molecule has 0 amide bonds. The molecule has 3 nitrogen and oxygen atoms in total. The van der Waals surface area contributed by atoms with Crippen molar-refractivity contribution in [2.75, 3.05) is 32.8 Å². The summed E-state index contributed by atoms with van der Waals surface area (Å²) in [7, 11) is 0. The molecule has 0 aromatic heterocycles. The number of aliphatic hydroxyl groups excluding tert-OH is 1. The highest BCUT2D eigenvalue weighted by atomic mass is 16.3. The highest BCUT2D eigenvalue weighted by Crippen LogP contribution is 2.20. The first-order valence-corrected chi connectivity index (χ1v) is 6.34. The Labute approximate surface area is 93.9 Å². The maximum Gasteiger partial charge on any atom is 0.0443 e. The summed E-state index contributed by atoms with van der Waals surface area (Å²) in [5.41, 5.74) is 0. The van der Waals surface area contributed by atoms with Gasteiger partial charge >= 0.3 is 0 Å². The van der Waals surface area contributed by atoms with Gasteiger partial charge in [-0.1, -0.05) is 6.92 Å². The molecule has 90 valence electrons. The molecule has 2 N–H and O–H groups in total. The highest BCUT2D eigenvalue weighted by molar-refractivity contribution is 4.79. The largest absolute Gasteiger partial charge is 0.396 e. The van der Waals surface area contributed by atoms with E-state index < -0.39 is 0 Å². The minimum atomic E-state index is 0.327. The van der Waals surface area contributed by atoms with Crippen LogP contribution in [-0.4, -0.2) is 48.8 Å². The van der Waals surface area contributed by atoms with E-state index in [4.69, 9.17) is 5.11 Å². The Kier molecular flexibility index (Phi) is 6.22. The van der Waals surface area contributed by atoms with Gasteiger partial charge in [-0.05, 0) is 51.7 Å². The maximum atomic E-state index is 8.77. The van der Waals surface area contributed by atoms with Gasteiger partial charge in [0.2, 0.25) is 0 Å². The van der Waals surface area contributed by atoms with E-state index >= 15 is 0 Å². The minimum absolute atomic E-state index is 0.327. The van der Waals surface area contributed by atoms with Crippen molar-refractivity contribution in [1.82, 2.24) is 10.2 Å². The topological polar surface area (TPSA) is 35.5 Å². The molecule has 1 aliphatic heterocycles. The first-order chi connectivity index (χ1) is 7.27.